The minimum atomic E-state index is -1.37. The van der Waals surface area contributed by atoms with Crippen molar-refractivity contribution in [2.45, 2.75) is 57.0 Å². The third-order valence-electron chi connectivity index (χ3n) is 5.23. The van der Waals surface area contributed by atoms with E-state index in [9.17, 15) is 15.0 Å². The van der Waals surface area contributed by atoms with Crippen molar-refractivity contribution in [2.75, 3.05) is 0 Å². The molecule has 1 unspecified atom stereocenters. The summed E-state index contributed by atoms with van der Waals surface area (Å²) in [6, 6.07) is 14.4. The fourth-order valence-corrected chi connectivity index (χ4v) is 3.66. The summed E-state index contributed by atoms with van der Waals surface area (Å²) in [6.07, 6.45) is 6.57. The Bertz CT molecular complexity index is 730. The zero-order valence-electron chi connectivity index (χ0n) is 15.1. The van der Waals surface area contributed by atoms with E-state index in [0.717, 1.165) is 5.56 Å². The van der Waals surface area contributed by atoms with Gasteiger partial charge in [0.15, 0.2) is 0 Å². The summed E-state index contributed by atoms with van der Waals surface area (Å²) >= 11 is 0. The molecule has 1 aliphatic rings. The topological polar surface area (TPSA) is 66.8 Å². The lowest BCUT2D eigenvalue weighted by atomic mass is 9.84. The number of carboxylic acid groups (broad SMARTS) is 1. The van der Waals surface area contributed by atoms with Gasteiger partial charge in [-0.1, -0.05) is 43.5 Å². The first-order valence-electron chi connectivity index (χ1n) is 9.26. The largest absolute Gasteiger partial charge is 0.508 e. The molecular formula is C22H26O4. The van der Waals surface area contributed by atoms with E-state index in [-0.39, 0.29) is 12.2 Å². The van der Waals surface area contributed by atoms with Gasteiger partial charge in [-0.2, -0.15) is 0 Å². The van der Waals surface area contributed by atoms with Crippen LogP contribution in [0.1, 0.15) is 56.1 Å². The van der Waals surface area contributed by atoms with Gasteiger partial charge in [0.1, 0.15) is 11.5 Å². The van der Waals surface area contributed by atoms with E-state index in [4.69, 9.17) is 4.74 Å². The van der Waals surface area contributed by atoms with Crippen molar-refractivity contribution in [2.24, 2.45) is 0 Å². The summed E-state index contributed by atoms with van der Waals surface area (Å²) in [4.78, 5) is 11.8. The normalized spacial score (nSPS) is 17.4. The Labute approximate surface area is 154 Å². The van der Waals surface area contributed by atoms with Crippen molar-refractivity contribution in [1.82, 2.24) is 0 Å². The van der Waals surface area contributed by atoms with Crippen LogP contribution in [0.5, 0.6) is 11.5 Å². The van der Waals surface area contributed by atoms with E-state index < -0.39 is 11.6 Å². The molecular weight excluding hydrogens is 328 g/mol. The van der Waals surface area contributed by atoms with Gasteiger partial charge < -0.3 is 14.9 Å². The van der Waals surface area contributed by atoms with E-state index >= 15 is 0 Å². The second-order valence-corrected chi connectivity index (χ2v) is 7.39. The van der Waals surface area contributed by atoms with E-state index in [1.165, 1.54) is 37.7 Å². The summed E-state index contributed by atoms with van der Waals surface area (Å²) in [5.41, 5.74) is 0.739. The van der Waals surface area contributed by atoms with Crippen LogP contribution in [-0.2, 0) is 11.2 Å². The SMILES string of the molecule is CC(Cc1ccc(O)cc1)(Oc1ccc(C2CCCCC2)cc1)C(=O)O. The van der Waals surface area contributed by atoms with Crippen molar-refractivity contribution >= 4 is 5.97 Å². The first-order chi connectivity index (χ1) is 12.5. The highest BCUT2D eigenvalue weighted by atomic mass is 16.5. The van der Waals surface area contributed by atoms with Crippen LogP contribution in [0.15, 0.2) is 48.5 Å². The van der Waals surface area contributed by atoms with Gasteiger partial charge >= 0.3 is 5.97 Å². The Morgan fingerprint density at radius 3 is 2.23 bits per heavy atom. The number of ether oxygens (including phenoxy) is 1. The van der Waals surface area contributed by atoms with Gasteiger partial charge in [0.25, 0.3) is 0 Å². The van der Waals surface area contributed by atoms with Gasteiger partial charge in [-0.3, -0.25) is 0 Å². The predicted molar refractivity (Wildman–Crippen MR) is 101 cm³/mol. The number of phenolic OH excluding ortho intramolecular Hbond substituents is 1. The summed E-state index contributed by atoms with van der Waals surface area (Å²) in [7, 11) is 0. The van der Waals surface area contributed by atoms with Gasteiger partial charge in [0, 0.05) is 6.42 Å². The quantitative estimate of drug-likeness (QED) is 0.774. The zero-order chi connectivity index (χ0) is 18.6. The Kier molecular flexibility index (Phi) is 5.50. The van der Waals surface area contributed by atoms with Gasteiger partial charge in [0.2, 0.25) is 5.60 Å². The molecule has 0 saturated heterocycles. The Balaban J connectivity index is 1.72. The van der Waals surface area contributed by atoms with Crippen molar-refractivity contribution < 1.29 is 19.7 Å². The van der Waals surface area contributed by atoms with Crippen LogP contribution in [-0.4, -0.2) is 21.8 Å². The smallest absolute Gasteiger partial charge is 0.348 e. The molecule has 2 aromatic rings. The number of aromatic hydroxyl groups is 1. The summed E-state index contributed by atoms with van der Waals surface area (Å²) in [5, 5.41) is 19.1. The van der Waals surface area contributed by atoms with Crippen molar-refractivity contribution in [3.63, 3.8) is 0 Å². The third-order valence-corrected chi connectivity index (χ3v) is 5.23. The third kappa shape index (κ3) is 4.37. The minimum absolute atomic E-state index is 0.157. The molecule has 138 valence electrons. The molecule has 1 fully saturated rings. The molecule has 0 spiro atoms. The van der Waals surface area contributed by atoms with Crippen LogP contribution >= 0.6 is 0 Å². The molecule has 0 aliphatic heterocycles. The molecule has 4 heteroatoms. The maximum absolute atomic E-state index is 11.8. The average Bonchev–Trinajstić information content (AvgIpc) is 2.65. The van der Waals surface area contributed by atoms with Gasteiger partial charge in [-0.25, -0.2) is 4.79 Å². The molecule has 1 aliphatic carbocycles. The fourth-order valence-electron chi connectivity index (χ4n) is 3.66. The number of phenols is 1. The molecule has 0 amide bonds. The maximum atomic E-state index is 11.8. The number of benzene rings is 2. The van der Waals surface area contributed by atoms with E-state index in [1.54, 1.807) is 31.2 Å². The Morgan fingerprint density at radius 2 is 1.65 bits per heavy atom. The molecule has 2 aromatic carbocycles. The van der Waals surface area contributed by atoms with Crippen molar-refractivity contribution in [3.05, 3.63) is 59.7 Å². The van der Waals surface area contributed by atoms with E-state index in [1.807, 2.05) is 12.1 Å². The predicted octanol–water partition coefficient (Wildman–Crippen LogP) is 4.90. The van der Waals surface area contributed by atoms with E-state index in [2.05, 4.69) is 12.1 Å². The first-order valence-corrected chi connectivity index (χ1v) is 9.26. The number of hydrogen-bond donors (Lipinski definition) is 2. The number of hydrogen-bond acceptors (Lipinski definition) is 3. The lowest BCUT2D eigenvalue weighted by Crippen LogP contribution is -2.43. The standard InChI is InChI=1S/C22H26O4/c1-22(21(24)25,15-16-7-11-19(23)12-8-16)26-20-13-9-18(10-14-20)17-5-3-2-4-6-17/h7-14,17,23H,2-6,15H2,1H3,(H,24,25). The first kappa shape index (κ1) is 18.3. The minimum Gasteiger partial charge on any atom is -0.508 e. The number of carbonyl (C=O) groups is 1. The lowest BCUT2D eigenvalue weighted by molar-refractivity contribution is -0.153. The summed E-state index contributed by atoms with van der Waals surface area (Å²) in [6.45, 7) is 1.58. The molecule has 0 bridgehead atoms. The molecule has 0 radical (unpaired) electrons. The van der Waals surface area contributed by atoms with Crippen LogP contribution in [0.2, 0.25) is 0 Å². The van der Waals surface area contributed by atoms with Crippen LogP contribution < -0.4 is 4.74 Å². The van der Waals surface area contributed by atoms with E-state index in [0.29, 0.717) is 11.7 Å². The molecule has 4 nitrogen and oxygen atoms in total. The summed E-state index contributed by atoms with van der Waals surface area (Å²) in [5.74, 6) is 0.320. The zero-order valence-corrected chi connectivity index (χ0v) is 15.1. The molecule has 26 heavy (non-hydrogen) atoms. The Hall–Kier alpha value is -2.49. The molecule has 1 atom stereocenters. The average molecular weight is 354 g/mol. The van der Waals surface area contributed by atoms with Crippen LogP contribution in [0.3, 0.4) is 0 Å². The fraction of sp³-hybridized carbons (Fsp3) is 0.409. The Morgan fingerprint density at radius 1 is 1.04 bits per heavy atom. The molecule has 0 aromatic heterocycles. The van der Waals surface area contributed by atoms with Crippen LogP contribution in [0.4, 0.5) is 0 Å². The number of carboxylic acids is 1. The molecule has 2 N–H and O–H groups in total. The number of aliphatic carboxylic acids is 1. The summed E-state index contributed by atoms with van der Waals surface area (Å²) < 4.78 is 5.88. The number of rotatable bonds is 6. The maximum Gasteiger partial charge on any atom is 0.348 e. The second kappa shape index (κ2) is 7.81. The van der Waals surface area contributed by atoms with Gasteiger partial charge in [-0.15, -0.1) is 0 Å². The van der Waals surface area contributed by atoms with Crippen molar-refractivity contribution in [3.8, 4) is 11.5 Å². The molecule has 1 saturated carbocycles. The van der Waals surface area contributed by atoms with Crippen LogP contribution in [0, 0.1) is 0 Å². The van der Waals surface area contributed by atoms with Crippen LogP contribution in [0.25, 0.3) is 0 Å². The lowest BCUT2D eigenvalue weighted by Gasteiger charge is -2.27. The highest BCUT2D eigenvalue weighted by Crippen LogP contribution is 2.34. The highest BCUT2D eigenvalue weighted by Gasteiger charge is 2.36. The molecule has 3 rings (SSSR count). The molecule has 0 heterocycles. The second-order valence-electron chi connectivity index (χ2n) is 7.39. The monoisotopic (exact) mass is 354 g/mol. The highest BCUT2D eigenvalue weighted by molar-refractivity contribution is 5.78. The van der Waals surface area contributed by atoms with Gasteiger partial charge in [0.05, 0.1) is 0 Å². The van der Waals surface area contributed by atoms with Crippen molar-refractivity contribution in [1.29, 1.82) is 0 Å². The van der Waals surface area contributed by atoms with Gasteiger partial charge in [-0.05, 0) is 61.1 Å².